The summed E-state index contributed by atoms with van der Waals surface area (Å²) in [6.07, 6.45) is 7.12. The topological polar surface area (TPSA) is 58.4 Å². The molecule has 1 saturated carbocycles. The van der Waals surface area contributed by atoms with Crippen LogP contribution in [0.15, 0.2) is 0 Å². The van der Waals surface area contributed by atoms with Gasteiger partial charge in [-0.3, -0.25) is 9.69 Å². The monoisotopic (exact) mass is 275 g/mol. The highest BCUT2D eigenvalue weighted by molar-refractivity contribution is 5.85. The Kier molecular flexibility index (Phi) is 6.97. The van der Waals surface area contributed by atoms with E-state index in [0.29, 0.717) is 19.0 Å². The summed E-state index contributed by atoms with van der Waals surface area (Å²) in [7, 11) is 0. The zero-order valence-corrected chi connectivity index (χ0v) is 11.9. The van der Waals surface area contributed by atoms with E-state index in [0.717, 1.165) is 12.5 Å². The summed E-state index contributed by atoms with van der Waals surface area (Å²) in [6.45, 7) is 3.72. The minimum Gasteiger partial charge on any atom is -0.354 e. The van der Waals surface area contributed by atoms with Crippen molar-refractivity contribution in [3.05, 3.63) is 0 Å². The van der Waals surface area contributed by atoms with Gasteiger partial charge in [-0.2, -0.15) is 0 Å². The predicted molar refractivity (Wildman–Crippen MR) is 75.9 cm³/mol. The second-order valence-electron chi connectivity index (χ2n) is 5.43. The van der Waals surface area contributed by atoms with Crippen LogP contribution in [0.1, 0.15) is 38.5 Å². The Hall–Kier alpha value is -0.320. The Morgan fingerprint density at radius 3 is 2.72 bits per heavy atom. The number of hydrogen-bond donors (Lipinski definition) is 2. The third kappa shape index (κ3) is 5.12. The average molecular weight is 276 g/mol. The van der Waals surface area contributed by atoms with Crippen LogP contribution in [-0.2, 0) is 4.79 Å². The van der Waals surface area contributed by atoms with Crippen LogP contribution < -0.4 is 11.1 Å². The molecule has 1 unspecified atom stereocenters. The minimum atomic E-state index is 0. The molecular formula is C13H26ClN3O. The van der Waals surface area contributed by atoms with Crippen LogP contribution in [0.4, 0.5) is 0 Å². The molecule has 1 saturated heterocycles. The van der Waals surface area contributed by atoms with Crippen molar-refractivity contribution in [1.29, 1.82) is 0 Å². The Labute approximate surface area is 116 Å². The molecule has 18 heavy (non-hydrogen) atoms. The smallest absolute Gasteiger partial charge is 0.221 e. The fourth-order valence-corrected chi connectivity index (χ4v) is 2.61. The molecule has 0 radical (unpaired) electrons. The van der Waals surface area contributed by atoms with Gasteiger partial charge in [0.05, 0.1) is 0 Å². The lowest BCUT2D eigenvalue weighted by atomic mass is 10.0. The number of rotatable bonds is 6. The highest BCUT2D eigenvalue weighted by Crippen LogP contribution is 2.31. The molecule has 0 aromatic carbocycles. The van der Waals surface area contributed by atoms with Gasteiger partial charge in [-0.1, -0.05) is 6.42 Å². The van der Waals surface area contributed by atoms with E-state index in [1.54, 1.807) is 0 Å². The van der Waals surface area contributed by atoms with E-state index in [9.17, 15) is 4.79 Å². The van der Waals surface area contributed by atoms with Crippen molar-refractivity contribution in [2.24, 2.45) is 11.7 Å². The van der Waals surface area contributed by atoms with Gasteiger partial charge >= 0.3 is 0 Å². The van der Waals surface area contributed by atoms with Gasteiger partial charge in [0, 0.05) is 32.1 Å². The zero-order chi connectivity index (χ0) is 12.1. The Morgan fingerprint density at radius 1 is 1.28 bits per heavy atom. The number of nitrogens with one attached hydrogen (secondary N) is 1. The lowest BCUT2D eigenvalue weighted by Crippen LogP contribution is -2.47. The standard InChI is InChI=1S/C13H25N3O.ClH/c14-7-6-13(17)15-9-12-3-1-2-8-16(12)10-11-4-5-11;/h11-12H,1-10,14H2,(H,15,17);1H. The van der Waals surface area contributed by atoms with Crippen LogP contribution in [0.3, 0.4) is 0 Å². The normalized spacial score (nSPS) is 24.4. The lowest BCUT2D eigenvalue weighted by molar-refractivity contribution is -0.121. The largest absolute Gasteiger partial charge is 0.354 e. The summed E-state index contributed by atoms with van der Waals surface area (Å²) in [5, 5.41) is 3.02. The number of amides is 1. The van der Waals surface area contributed by atoms with Gasteiger partial charge in [0.15, 0.2) is 0 Å². The third-order valence-electron chi connectivity index (χ3n) is 3.84. The van der Waals surface area contributed by atoms with Crippen molar-refractivity contribution in [3.8, 4) is 0 Å². The second-order valence-corrected chi connectivity index (χ2v) is 5.43. The summed E-state index contributed by atoms with van der Waals surface area (Å²) < 4.78 is 0. The maximum absolute atomic E-state index is 11.4. The van der Waals surface area contributed by atoms with E-state index >= 15 is 0 Å². The van der Waals surface area contributed by atoms with Gasteiger partial charge < -0.3 is 11.1 Å². The zero-order valence-electron chi connectivity index (χ0n) is 11.1. The van der Waals surface area contributed by atoms with Gasteiger partial charge in [-0.05, 0) is 38.1 Å². The minimum absolute atomic E-state index is 0. The molecular weight excluding hydrogens is 250 g/mol. The first-order valence-corrected chi connectivity index (χ1v) is 7.00. The number of carbonyl (C=O) groups is 1. The van der Waals surface area contributed by atoms with Crippen molar-refractivity contribution < 1.29 is 4.79 Å². The molecule has 106 valence electrons. The van der Waals surface area contributed by atoms with Gasteiger partial charge in [0.25, 0.3) is 0 Å². The van der Waals surface area contributed by atoms with Gasteiger partial charge in [0.1, 0.15) is 0 Å². The first-order valence-electron chi connectivity index (χ1n) is 7.00. The predicted octanol–water partition coefficient (Wildman–Crippen LogP) is 1.14. The highest BCUT2D eigenvalue weighted by Gasteiger charge is 2.29. The van der Waals surface area contributed by atoms with Crippen LogP contribution in [0.25, 0.3) is 0 Å². The summed E-state index contributed by atoms with van der Waals surface area (Å²) >= 11 is 0. The van der Waals surface area contributed by atoms with Crippen LogP contribution >= 0.6 is 12.4 Å². The number of halogens is 1. The molecule has 1 amide bonds. The van der Waals surface area contributed by atoms with E-state index in [2.05, 4.69) is 10.2 Å². The summed E-state index contributed by atoms with van der Waals surface area (Å²) in [6, 6.07) is 0.561. The molecule has 3 N–H and O–H groups in total. The van der Waals surface area contributed by atoms with Crippen LogP contribution in [-0.4, -0.2) is 43.0 Å². The Morgan fingerprint density at radius 2 is 2.06 bits per heavy atom. The number of likely N-dealkylation sites (tertiary alicyclic amines) is 1. The lowest BCUT2D eigenvalue weighted by Gasteiger charge is -2.35. The van der Waals surface area contributed by atoms with Crippen LogP contribution in [0, 0.1) is 5.92 Å². The maximum Gasteiger partial charge on any atom is 0.221 e. The van der Waals surface area contributed by atoms with Crippen molar-refractivity contribution >= 4 is 18.3 Å². The first kappa shape index (κ1) is 15.7. The molecule has 1 aliphatic carbocycles. The fourth-order valence-electron chi connectivity index (χ4n) is 2.61. The summed E-state index contributed by atoms with van der Waals surface area (Å²) in [5.41, 5.74) is 5.37. The van der Waals surface area contributed by atoms with E-state index in [-0.39, 0.29) is 18.3 Å². The number of hydrogen-bond acceptors (Lipinski definition) is 3. The fraction of sp³-hybridized carbons (Fsp3) is 0.923. The number of nitrogens with two attached hydrogens (primary N) is 1. The average Bonchev–Trinajstić information content (AvgIpc) is 3.12. The highest BCUT2D eigenvalue weighted by atomic mass is 35.5. The Balaban J connectivity index is 0.00000162. The molecule has 1 aliphatic heterocycles. The number of nitrogens with zero attached hydrogens (tertiary/aromatic N) is 1. The SMILES string of the molecule is Cl.NCCC(=O)NCC1CCCCN1CC1CC1. The number of piperidine rings is 1. The molecule has 0 bridgehead atoms. The molecule has 2 rings (SSSR count). The first-order chi connectivity index (χ1) is 8.29. The van der Waals surface area contributed by atoms with Crippen molar-refractivity contribution in [2.45, 2.75) is 44.6 Å². The molecule has 5 heteroatoms. The molecule has 1 heterocycles. The van der Waals surface area contributed by atoms with E-state index < -0.39 is 0 Å². The van der Waals surface area contributed by atoms with Crippen molar-refractivity contribution in [1.82, 2.24) is 10.2 Å². The van der Waals surface area contributed by atoms with E-state index in [1.165, 1.54) is 45.2 Å². The second kappa shape index (κ2) is 7.97. The van der Waals surface area contributed by atoms with Crippen LogP contribution in [0.2, 0.25) is 0 Å². The van der Waals surface area contributed by atoms with Crippen molar-refractivity contribution in [2.75, 3.05) is 26.2 Å². The van der Waals surface area contributed by atoms with E-state index in [4.69, 9.17) is 5.73 Å². The molecule has 2 aliphatic rings. The van der Waals surface area contributed by atoms with Gasteiger partial charge in [-0.25, -0.2) is 0 Å². The summed E-state index contributed by atoms with van der Waals surface area (Å²) in [4.78, 5) is 14.0. The Bertz CT molecular complexity index is 259. The molecule has 0 aromatic rings. The molecule has 0 spiro atoms. The van der Waals surface area contributed by atoms with Crippen LogP contribution in [0.5, 0.6) is 0 Å². The molecule has 4 nitrogen and oxygen atoms in total. The van der Waals surface area contributed by atoms with Crippen molar-refractivity contribution in [3.63, 3.8) is 0 Å². The molecule has 0 aromatic heterocycles. The molecule has 2 fully saturated rings. The van der Waals surface area contributed by atoms with Gasteiger partial charge in [0.2, 0.25) is 5.91 Å². The summed E-state index contributed by atoms with van der Waals surface area (Å²) in [5.74, 6) is 1.04. The third-order valence-corrected chi connectivity index (χ3v) is 3.84. The molecule has 1 atom stereocenters. The maximum atomic E-state index is 11.4. The quantitative estimate of drug-likeness (QED) is 0.764. The number of carbonyl (C=O) groups excluding carboxylic acids is 1. The van der Waals surface area contributed by atoms with Gasteiger partial charge in [-0.15, -0.1) is 12.4 Å². The van der Waals surface area contributed by atoms with E-state index in [1.807, 2.05) is 0 Å².